The van der Waals surface area contributed by atoms with Gasteiger partial charge in [0.25, 0.3) is 0 Å². The summed E-state index contributed by atoms with van der Waals surface area (Å²) in [5.41, 5.74) is 0.358. The fraction of sp³-hybridized carbons (Fsp3) is 0.308. The molecule has 0 aliphatic rings. The summed E-state index contributed by atoms with van der Waals surface area (Å²) < 4.78 is 10.2. The molecule has 2 rings (SSSR count). The molecule has 0 bridgehead atoms. The highest BCUT2D eigenvalue weighted by Gasteiger charge is 2.21. The Labute approximate surface area is 124 Å². The van der Waals surface area contributed by atoms with Crippen molar-refractivity contribution >= 4 is 28.3 Å². The van der Waals surface area contributed by atoms with Crippen molar-refractivity contribution in [3.8, 4) is 11.5 Å². The van der Waals surface area contributed by atoms with E-state index in [4.69, 9.17) is 14.3 Å². The molecule has 2 aromatic heterocycles. The van der Waals surface area contributed by atoms with Crippen LogP contribution in [0.1, 0.15) is 22.5 Å². The highest BCUT2D eigenvalue weighted by Crippen LogP contribution is 2.32. The minimum Gasteiger partial charge on any atom is -0.465 e. The molecule has 0 fully saturated rings. The quantitative estimate of drug-likeness (QED) is 0.602. The van der Waals surface area contributed by atoms with Crippen LogP contribution in [0.2, 0.25) is 0 Å². The van der Waals surface area contributed by atoms with Crippen LogP contribution in [0.25, 0.3) is 11.5 Å². The Morgan fingerprint density at radius 3 is 2.95 bits per heavy atom. The molecule has 1 amide bonds. The number of carbonyl (C=O) groups excluding carboxylic acids is 1. The number of aromatic nitrogens is 1. The zero-order valence-electron chi connectivity index (χ0n) is 11.3. The van der Waals surface area contributed by atoms with E-state index in [1.165, 1.54) is 6.26 Å². The lowest BCUT2D eigenvalue weighted by Gasteiger charge is -1.99. The van der Waals surface area contributed by atoms with Crippen molar-refractivity contribution in [1.82, 2.24) is 4.98 Å². The number of furan rings is 1. The highest BCUT2D eigenvalue weighted by atomic mass is 32.1. The number of nitrogens with one attached hydrogen (secondary N) is 1. The number of methoxy groups -OCH3 is 1. The number of rotatable bonds is 7. The van der Waals surface area contributed by atoms with Crippen molar-refractivity contribution in [2.75, 3.05) is 19.0 Å². The molecule has 0 saturated carbocycles. The Hall–Kier alpha value is -2.19. The van der Waals surface area contributed by atoms with Crippen LogP contribution in [0.4, 0.5) is 9.93 Å². The van der Waals surface area contributed by atoms with Crippen LogP contribution in [0.3, 0.4) is 0 Å². The number of thiazole rings is 1. The van der Waals surface area contributed by atoms with Gasteiger partial charge in [0.15, 0.2) is 16.7 Å². The topological polar surface area (TPSA) is 102 Å². The Balaban J connectivity index is 2.26. The van der Waals surface area contributed by atoms with Gasteiger partial charge in [-0.3, -0.25) is 10.1 Å². The van der Waals surface area contributed by atoms with E-state index in [0.717, 1.165) is 11.3 Å². The molecule has 0 aliphatic heterocycles. The molecule has 7 nitrogen and oxygen atoms in total. The van der Waals surface area contributed by atoms with Gasteiger partial charge in [-0.1, -0.05) is 11.3 Å². The van der Waals surface area contributed by atoms with Crippen molar-refractivity contribution in [3.63, 3.8) is 0 Å². The third kappa shape index (κ3) is 3.89. The van der Waals surface area contributed by atoms with Crippen LogP contribution in [0, 0.1) is 0 Å². The largest absolute Gasteiger partial charge is 0.465 e. The normalized spacial score (nSPS) is 10.5. The number of Topliss-reactive ketones (excluding diaryl/α,β-unsaturated/α-hetero) is 1. The molecular formula is C13H14N2O5S. The van der Waals surface area contributed by atoms with Crippen LogP contribution >= 0.6 is 11.3 Å². The van der Waals surface area contributed by atoms with E-state index in [0.29, 0.717) is 35.8 Å². The number of nitrogens with zero attached hydrogens (tertiary/aromatic N) is 1. The lowest BCUT2D eigenvalue weighted by atomic mass is 10.1. The molecule has 0 aromatic carbocycles. The number of carbonyl (C=O) groups is 2. The predicted molar refractivity (Wildman–Crippen MR) is 76.9 cm³/mol. The zero-order valence-corrected chi connectivity index (χ0v) is 12.1. The summed E-state index contributed by atoms with van der Waals surface area (Å²) in [6, 6.07) is 3.35. The lowest BCUT2D eigenvalue weighted by molar-refractivity contribution is 0.0967. The second-order valence-electron chi connectivity index (χ2n) is 4.12. The number of hydrogen-bond acceptors (Lipinski definition) is 6. The van der Waals surface area contributed by atoms with Crippen molar-refractivity contribution < 1.29 is 23.8 Å². The van der Waals surface area contributed by atoms with Crippen molar-refractivity contribution in [2.24, 2.45) is 0 Å². The zero-order chi connectivity index (χ0) is 15.2. The summed E-state index contributed by atoms with van der Waals surface area (Å²) in [4.78, 5) is 27.4. The molecular weight excluding hydrogens is 296 g/mol. The first kappa shape index (κ1) is 15.2. The highest BCUT2D eigenvalue weighted by molar-refractivity contribution is 7.18. The molecule has 21 heavy (non-hydrogen) atoms. The van der Waals surface area contributed by atoms with Gasteiger partial charge in [-0.05, 0) is 18.6 Å². The maximum Gasteiger partial charge on any atom is 0.410 e. The summed E-state index contributed by atoms with van der Waals surface area (Å²) in [6.07, 6.45) is 1.13. The Bertz CT molecular complexity index is 621. The molecule has 0 aliphatic carbocycles. The standard InChI is InChI=1S/C13H14N2O5S/c1-19-6-2-4-8(16)11-10(9-5-3-7-20-9)14-12(21-11)15-13(17)18/h3,5,7H,2,4,6H2,1H3,(H,14,15)(H,17,18). The Kier molecular flexibility index (Phi) is 5.07. The molecule has 0 saturated heterocycles. The van der Waals surface area contributed by atoms with Gasteiger partial charge in [0, 0.05) is 20.1 Å². The fourth-order valence-corrected chi connectivity index (χ4v) is 2.65. The van der Waals surface area contributed by atoms with Crippen LogP contribution in [0.5, 0.6) is 0 Å². The van der Waals surface area contributed by atoms with Crippen molar-refractivity contribution in [2.45, 2.75) is 12.8 Å². The summed E-state index contributed by atoms with van der Waals surface area (Å²) in [5.74, 6) is 0.314. The number of anilines is 1. The first-order valence-electron chi connectivity index (χ1n) is 6.18. The van der Waals surface area contributed by atoms with Crippen LogP contribution in [-0.4, -0.2) is 35.7 Å². The average Bonchev–Trinajstić information content (AvgIpc) is 3.06. The molecule has 2 aromatic rings. The summed E-state index contributed by atoms with van der Waals surface area (Å²) in [6.45, 7) is 0.487. The predicted octanol–water partition coefficient (Wildman–Crippen LogP) is 3.10. The van der Waals surface area contributed by atoms with Crippen molar-refractivity contribution in [1.29, 1.82) is 0 Å². The molecule has 0 atom stereocenters. The number of hydrogen-bond donors (Lipinski definition) is 2. The molecule has 0 radical (unpaired) electrons. The monoisotopic (exact) mass is 310 g/mol. The number of carboxylic acid groups (broad SMARTS) is 1. The van der Waals surface area contributed by atoms with Gasteiger partial charge < -0.3 is 14.3 Å². The molecule has 8 heteroatoms. The van der Waals surface area contributed by atoms with E-state index in [9.17, 15) is 9.59 Å². The number of ether oxygens (including phenoxy) is 1. The van der Waals surface area contributed by atoms with Gasteiger partial charge in [-0.25, -0.2) is 9.78 Å². The van der Waals surface area contributed by atoms with Crippen LogP contribution in [-0.2, 0) is 4.74 Å². The summed E-state index contributed by atoms with van der Waals surface area (Å²) in [5, 5.41) is 11.0. The number of amides is 1. The van der Waals surface area contributed by atoms with Crippen LogP contribution < -0.4 is 5.32 Å². The first-order valence-corrected chi connectivity index (χ1v) is 7.00. The molecule has 0 spiro atoms. The van der Waals surface area contributed by atoms with Gasteiger partial charge in [-0.2, -0.15) is 0 Å². The van der Waals surface area contributed by atoms with E-state index in [1.807, 2.05) is 0 Å². The minimum absolute atomic E-state index is 0.116. The van der Waals surface area contributed by atoms with Gasteiger partial charge in [-0.15, -0.1) is 0 Å². The smallest absolute Gasteiger partial charge is 0.410 e. The van der Waals surface area contributed by atoms with E-state index in [-0.39, 0.29) is 10.9 Å². The molecule has 2 heterocycles. The average molecular weight is 310 g/mol. The maximum absolute atomic E-state index is 12.2. The SMILES string of the molecule is COCCCC(=O)c1sc(NC(=O)O)nc1-c1ccco1. The lowest BCUT2D eigenvalue weighted by Crippen LogP contribution is -2.06. The van der Waals surface area contributed by atoms with E-state index < -0.39 is 6.09 Å². The third-order valence-corrected chi connectivity index (χ3v) is 3.61. The molecule has 0 unspecified atom stereocenters. The fourth-order valence-electron chi connectivity index (χ4n) is 1.72. The van der Waals surface area contributed by atoms with Crippen LogP contribution in [0.15, 0.2) is 22.8 Å². The van der Waals surface area contributed by atoms with Crippen molar-refractivity contribution in [3.05, 3.63) is 23.3 Å². The van der Waals surface area contributed by atoms with E-state index >= 15 is 0 Å². The van der Waals surface area contributed by atoms with E-state index in [1.54, 1.807) is 19.2 Å². The van der Waals surface area contributed by atoms with Gasteiger partial charge >= 0.3 is 6.09 Å². The van der Waals surface area contributed by atoms with Gasteiger partial charge in [0.05, 0.1) is 6.26 Å². The Morgan fingerprint density at radius 1 is 1.52 bits per heavy atom. The second-order valence-corrected chi connectivity index (χ2v) is 5.12. The maximum atomic E-state index is 12.2. The first-order chi connectivity index (χ1) is 10.1. The second kappa shape index (κ2) is 7.00. The van der Waals surface area contributed by atoms with Gasteiger partial charge in [0.1, 0.15) is 10.6 Å². The summed E-state index contributed by atoms with van der Waals surface area (Å²) >= 11 is 0.999. The Morgan fingerprint density at radius 2 is 2.33 bits per heavy atom. The number of ketones is 1. The molecule has 2 N–H and O–H groups in total. The molecule has 112 valence electrons. The van der Waals surface area contributed by atoms with Gasteiger partial charge in [0.2, 0.25) is 0 Å². The van der Waals surface area contributed by atoms with E-state index in [2.05, 4.69) is 10.3 Å². The summed E-state index contributed by atoms with van der Waals surface area (Å²) in [7, 11) is 1.57. The minimum atomic E-state index is -1.23. The third-order valence-electron chi connectivity index (χ3n) is 2.60.